The van der Waals surface area contributed by atoms with Gasteiger partial charge in [0.05, 0.1) is 5.60 Å². The Morgan fingerprint density at radius 3 is 1.67 bits per heavy atom. The molecule has 3 atom stereocenters. The van der Waals surface area contributed by atoms with E-state index in [0.717, 1.165) is 19.4 Å². The zero-order valence-electron chi connectivity index (χ0n) is 39.9. The predicted octanol–water partition coefficient (Wildman–Crippen LogP) is 16.2. The lowest BCUT2D eigenvalue weighted by Gasteiger charge is -2.43. The van der Waals surface area contributed by atoms with Crippen LogP contribution in [-0.2, 0) is 15.6 Å². The van der Waals surface area contributed by atoms with Crippen LogP contribution in [0.4, 0.5) is 0 Å². The molecule has 0 aliphatic heterocycles. The third-order valence-corrected chi connectivity index (χ3v) is 19.3. The third-order valence-electron chi connectivity index (χ3n) is 14.0. The molecule has 61 heavy (non-hydrogen) atoms. The van der Waals surface area contributed by atoms with Crippen LogP contribution in [0.25, 0.3) is 33.9 Å². The molecule has 320 valence electrons. The topological polar surface area (TPSA) is 9.23 Å². The second-order valence-electron chi connectivity index (χ2n) is 21.8. The molecule has 2 heteroatoms. The summed E-state index contributed by atoms with van der Waals surface area (Å²) in [5.41, 5.74) is 19.8. The highest BCUT2D eigenvalue weighted by molar-refractivity contribution is 6.94. The minimum Gasteiger partial charge on any atom is -0.376 e. The third kappa shape index (κ3) is 9.14. The summed E-state index contributed by atoms with van der Waals surface area (Å²) >= 11 is 0. The van der Waals surface area contributed by atoms with Crippen LogP contribution >= 0.6 is 0 Å². The summed E-state index contributed by atoms with van der Waals surface area (Å²) in [6.07, 6.45) is 8.46. The normalized spacial score (nSPS) is 17.7. The van der Waals surface area contributed by atoms with E-state index in [1.54, 1.807) is 27.5 Å². The lowest BCUT2D eigenvalue weighted by Crippen LogP contribution is -2.56. The largest absolute Gasteiger partial charge is 0.376 e. The maximum atomic E-state index is 6.10. The number of hydrogen-bond donors (Lipinski definition) is 0. The van der Waals surface area contributed by atoms with Crippen LogP contribution in [0.5, 0.6) is 0 Å². The molecule has 0 saturated heterocycles. The number of unbranched alkanes of at least 4 members (excludes halogenated alkanes) is 3. The highest BCUT2D eigenvalue weighted by Crippen LogP contribution is 2.58. The first-order valence-electron chi connectivity index (χ1n) is 23.4. The monoisotopic (exact) mass is 827 g/mol. The van der Waals surface area contributed by atoms with Gasteiger partial charge in [-0.05, 0) is 125 Å². The Morgan fingerprint density at radius 1 is 0.574 bits per heavy atom. The van der Waals surface area contributed by atoms with Crippen LogP contribution in [0.15, 0.2) is 126 Å². The molecule has 0 saturated carbocycles. The second kappa shape index (κ2) is 17.5. The van der Waals surface area contributed by atoms with E-state index < -0.39 is 8.07 Å². The molecule has 3 unspecified atom stereocenters. The number of ether oxygens (including phenoxy) is 1. The van der Waals surface area contributed by atoms with E-state index >= 15 is 0 Å². The van der Waals surface area contributed by atoms with E-state index in [4.69, 9.17) is 4.74 Å². The number of hydrogen-bond acceptors (Lipinski definition) is 1. The molecule has 2 aliphatic carbocycles. The van der Waals surface area contributed by atoms with Gasteiger partial charge in [-0.1, -0.05) is 212 Å². The van der Waals surface area contributed by atoms with Crippen molar-refractivity contribution in [3.8, 4) is 22.3 Å². The Balaban J connectivity index is 1.38. The summed E-state index contributed by atoms with van der Waals surface area (Å²) in [5.74, 6) is 0.420. The van der Waals surface area contributed by atoms with Gasteiger partial charge in [-0.15, -0.1) is 0 Å². The highest BCUT2D eigenvalue weighted by Gasteiger charge is 2.53. The number of allylic oxidation sites excluding steroid dienone is 3. The zero-order valence-corrected chi connectivity index (χ0v) is 40.9. The molecule has 0 N–H and O–H groups in total. The van der Waals surface area contributed by atoms with Crippen LogP contribution in [0.1, 0.15) is 160 Å². The molecule has 0 bridgehead atoms. The van der Waals surface area contributed by atoms with Crippen molar-refractivity contribution in [3.63, 3.8) is 0 Å². The maximum absolute atomic E-state index is 6.10. The fraction of sp³-hybridized carbons (Fsp3) is 0.424. The molecule has 0 amide bonds. The van der Waals surface area contributed by atoms with Gasteiger partial charge in [0, 0.05) is 17.7 Å². The number of rotatable bonds is 13. The van der Waals surface area contributed by atoms with E-state index in [0.29, 0.717) is 17.0 Å². The van der Waals surface area contributed by atoms with Crippen molar-refractivity contribution in [3.05, 3.63) is 160 Å². The first-order valence-corrected chi connectivity index (χ1v) is 26.0. The Kier molecular flexibility index (Phi) is 12.8. The van der Waals surface area contributed by atoms with E-state index in [1.165, 1.54) is 69.3 Å². The molecule has 0 aromatic heterocycles. The Morgan fingerprint density at radius 2 is 1.11 bits per heavy atom. The first-order chi connectivity index (χ1) is 28.8. The summed E-state index contributed by atoms with van der Waals surface area (Å²) in [7, 11) is -2.53. The van der Waals surface area contributed by atoms with Crippen molar-refractivity contribution < 1.29 is 4.74 Å². The van der Waals surface area contributed by atoms with Gasteiger partial charge >= 0.3 is 0 Å². The highest BCUT2D eigenvalue weighted by atomic mass is 28.3. The van der Waals surface area contributed by atoms with Gasteiger partial charge in [-0.25, -0.2) is 0 Å². The quantitative estimate of drug-likeness (QED) is 0.0849. The van der Waals surface area contributed by atoms with Crippen LogP contribution < -0.4 is 5.19 Å². The van der Waals surface area contributed by atoms with Gasteiger partial charge in [0.25, 0.3) is 0 Å². The fourth-order valence-corrected chi connectivity index (χ4v) is 16.5. The minimum absolute atomic E-state index is 0.0784. The minimum atomic E-state index is -2.53. The summed E-state index contributed by atoms with van der Waals surface area (Å²) in [6.45, 7) is 31.3. The molecule has 5 aromatic rings. The van der Waals surface area contributed by atoms with E-state index in [9.17, 15) is 0 Å². The SMILES string of the molecule is CC1=C(CCCCCCOC(C)(C)C)c2c(-c3ccc(C(C)(C)C)cc3)cccc2C1[Si](C)(c1ccccc1)C1C(C(C)C)=Cc2c(-c3ccc(C(C)(C)C)cc3)cccc21. The van der Waals surface area contributed by atoms with Gasteiger partial charge in [0.15, 0.2) is 0 Å². The van der Waals surface area contributed by atoms with Crippen LogP contribution in [0.3, 0.4) is 0 Å². The Labute approximate surface area is 371 Å². The molecule has 1 nitrogen and oxygen atoms in total. The number of fused-ring (bicyclic) bond motifs is 2. The van der Waals surface area contributed by atoms with Crippen molar-refractivity contribution >= 4 is 24.9 Å². The molecular weight excluding hydrogens is 753 g/mol. The van der Waals surface area contributed by atoms with Gasteiger partial charge < -0.3 is 4.74 Å². The van der Waals surface area contributed by atoms with Gasteiger partial charge in [-0.3, -0.25) is 0 Å². The lowest BCUT2D eigenvalue weighted by molar-refractivity contribution is -0.00473. The van der Waals surface area contributed by atoms with E-state index in [2.05, 4.69) is 211 Å². The maximum Gasteiger partial charge on any atom is 0.106 e. The van der Waals surface area contributed by atoms with Gasteiger partial charge in [-0.2, -0.15) is 0 Å². The van der Waals surface area contributed by atoms with Crippen LogP contribution in [0, 0.1) is 5.92 Å². The zero-order chi connectivity index (χ0) is 43.9. The summed E-state index contributed by atoms with van der Waals surface area (Å²) in [4.78, 5) is 0. The average Bonchev–Trinajstić information content (AvgIpc) is 3.76. The lowest BCUT2D eigenvalue weighted by atomic mass is 9.85. The molecule has 0 radical (unpaired) electrons. The van der Waals surface area contributed by atoms with Crippen molar-refractivity contribution in [2.24, 2.45) is 5.92 Å². The summed E-state index contributed by atoms with van der Waals surface area (Å²) < 4.78 is 6.10. The van der Waals surface area contributed by atoms with Gasteiger partial charge in [0.2, 0.25) is 0 Å². The molecule has 5 aromatic carbocycles. The standard InChI is InChI=1S/C59H74OSi/c1-40(2)52-39-53-48(42-30-34-44(35-31-42)57(4,5)6)26-21-28-50(53)56(52)61(13,46-23-17-16-18-24-46)55-41(3)47(25-19-14-15-20-38-60-59(10,11)12)54-49(27-22-29-51(54)55)43-32-36-45(37-33-43)58(7,8)9/h16-18,21-24,26-37,39-40,55-56H,14-15,19-20,25,38H2,1-13H3. The molecule has 2 aliphatic rings. The second-order valence-corrected chi connectivity index (χ2v) is 26.1. The number of benzene rings is 5. The van der Waals surface area contributed by atoms with E-state index in [-0.39, 0.29) is 16.4 Å². The summed E-state index contributed by atoms with van der Waals surface area (Å²) in [5, 5.41) is 1.55. The molecule has 7 rings (SSSR count). The fourth-order valence-electron chi connectivity index (χ4n) is 10.7. The van der Waals surface area contributed by atoms with Gasteiger partial charge in [0.1, 0.15) is 8.07 Å². The van der Waals surface area contributed by atoms with E-state index in [1.807, 2.05) is 0 Å². The molecule has 0 spiro atoms. The molecule has 0 fully saturated rings. The summed E-state index contributed by atoms with van der Waals surface area (Å²) in [6, 6.07) is 45.2. The van der Waals surface area contributed by atoms with Crippen molar-refractivity contribution in [1.29, 1.82) is 0 Å². The average molecular weight is 827 g/mol. The van der Waals surface area contributed by atoms with Crippen molar-refractivity contribution in [2.45, 2.75) is 149 Å². The van der Waals surface area contributed by atoms with Crippen LogP contribution in [0.2, 0.25) is 6.55 Å². The molecular formula is C59H74OSi. The van der Waals surface area contributed by atoms with Crippen LogP contribution in [-0.4, -0.2) is 20.3 Å². The van der Waals surface area contributed by atoms with Crippen molar-refractivity contribution in [2.75, 3.05) is 6.61 Å². The Bertz CT molecular complexity index is 2370. The first kappa shape index (κ1) is 44.8. The smallest absolute Gasteiger partial charge is 0.106 e. The molecule has 0 heterocycles. The van der Waals surface area contributed by atoms with Crippen molar-refractivity contribution in [1.82, 2.24) is 0 Å². The Hall–Kier alpha value is -4.24. The predicted molar refractivity (Wildman–Crippen MR) is 269 cm³/mol.